The number of carbonyl (C=O) groups excluding carboxylic acids is 2. The number of piperidine rings is 1. The van der Waals surface area contributed by atoms with Crippen molar-refractivity contribution in [2.24, 2.45) is 5.73 Å². The molecule has 0 unspecified atom stereocenters. The van der Waals surface area contributed by atoms with E-state index in [0.717, 1.165) is 5.69 Å². The van der Waals surface area contributed by atoms with Crippen LogP contribution in [0.15, 0.2) is 71.9 Å². The second-order valence-corrected chi connectivity index (χ2v) is 8.77. The smallest absolute Gasteiger partial charge is 0.264 e. The number of fused-ring (bicyclic) bond motifs is 1. The monoisotopic (exact) mass is 472 g/mol. The molecule has 3 heterocycles. The highest BCUT2D eigenvalue weighted by Crippen LogP contribution is 2.25. The van der Waals surface area contributed by atoms with Gasteiger partial charge in [-0.2, -0.15) is 5.10 Å². The maximum atomic E-state index is 13.1. The van der Waals surface area contributed by atoms with Crippen LogP contribution in [0.5, 0.6) is 0 Å². The Kier molecular flexibility index (Phi) is 5.65. The molecule has 4 aromatic rings. The van der Waals surface area contributed by atoms with Crippen molar-refractivity contribution in [1.82, 2.24) is 24.2 Å². The predicted molar refractivity (Wildman–Crippen MR) is 128 cm³/mol. The van der Waals surface area contributed by atoms with Crippen LogP contribution in [0, 0.1) is 0 Å². The largest absolute Gasteiger partial charge is 0.388 e. The number of benzene rings is 2. The summed E-state index contributed by atoms with van der Waals surface area (Å²) in [6.45, 7) is 0.684. The summed E-state index contributed by atoms with van der Waals surface area (Å²) in [6.07, 6.45) is 3.50. The fraction of sp³-hybridized carbons (Fsp3) is 0.240. The zero-order valence-electron chi connectivity index (χ0n) is 18.9. The molecule has 10 heteroatoms. The second kappa shape index (κ2) is 8.80. The number of hydrogen-bond donors (Lipinski definition) is 2. The molecule has 5 rings (SSSR count). The minimum absolute atomic E-state index is 0.0600. The average molecular weight is 473 g/mol. The van der Waals surface area contributed by atoms with Gasteiger partial charge in [0.1, 0.15) is 11.7 Å². The van der Waals surface area contributed by atoms with Gasteiger partial charge in [-0.1, -0.05) is 24.3 Å². The molecule has 2 amide bonds. The van der Waals surface area contributed by atoms with E-state index in [1.807, 2.05) is 30.3 Å². The third-order valence-corrected chi connectivity index (χ3v) is 6.40. The van der Waals surface area contributed by atoms with E-state index in [0.29, 0.717) is 42.5 Å². The number of amides is 2. The van der Waals surface area contributed by atoms with E-state index in [2.05, 4.69) is 10.1 Å². The maximum Gasteiger partial charge on any atom is 0.264 e. The molecule has 0 bridgehead atoms. The Morgan fingerprint density at radius 2 is 1.74 bits per heavy atom. The van der Waals surface area contributed by atoms with Gasteiger partial charge in [0.05, 0.1) is 24.0 Å². The summed E-state index contributed by atoms with van der Waals surface area (Å²) in [6, 6.07) is 15.7. The number of primary amides is 1. The van der Waals surface area contributed by atoms with E-state index in [1.54, 1.807) is 27.8 Å². The third-order valence-electron chi connectivity index (χ3n) is 6.40. The highest BCUT2D eigenvalue weighted by atomic mass is 16.3. The van der Waals surface area contributed by atoms with Gasteiger partial charge in [0.15, 0.2) is 5.65 Å². The van der Waals surface area contributed by atoms with Crippen molar-refractivity contribution in [2.45, 2.75) is 25.0 Å². The average Bonchev–Trinajstić information content (AvgIpc) is 3.31. The summed E-state index contributed by atoms with van der Waals surface area (Å²) in [7, 11) is 0. The van der Waals surface area contributed by atoms with Crippen molar-refractivity contribution in [2.75, 3.05) is 13.1 Å². The number of nitrogens with two attached hydrogens (primary N) is 1. The number of carbonyl (C=O) groups is 2. The molecule has 35 heavy (non-hydrogen) atoms. The van der Waals surface area contributed by atoms with Gasteiger partial charge in [-0.15, -0.1) is 0 Å². The topological polar surface area (TPSA) is 136 Å². The number of nitrogens with zero attached hydrogens (tertiary/aromatic N) is 5. The second-order valence-electron chi connectivity index (χ2n) is 8.77. The van der Waals surface area contributed by atoms with Gasteiger partial charge >= 0.3 is 0 Å². The molecule has 1 aliphatic heterocycles. The molecule has 3 N–H and O–H groups in total. The lowest BCUT2D eigenvalue weighted by molar-refractivity contribution is -0.0299. The Hall–Kier alpha value is -4.31. The first-order chi connectivity index (χ1) is 16.8. The molecule has 0 spiro atoms. The Morgan fingerprint density at radius 3 is 2.46 bits per heavy atom. The van der Waals surface area contributed by atoms with Gasteiger partial charge in [-0.25, -0.2) is 9.67 Å². The highest BCUT2D eigenvalue weighted by molar-refractivity contribution is 5.99. The summed E-state index contributed by atoms with van der Waals surface area (Å²) < 4.78 is 3.00. The molecule has 0 atom stereocenters. The first-order valence-corrected chi connectivity index (χ1v) is 11.2. The van der Waals surface area contributed by atoms with Gasteiger partial charge in [0.2, 0.25) is 5.91 Å². The third kappa shape index (κ3) is 4.31. The molecule has 2 aromatic heterocycles. The molecular weight excluding hydrogens is 448 g/mol. The fourth-order valence-corrected chi connectivity index (χ4v) is 4.41. The van der Waals surface area contributed by atoms with Crippen LogP contribution >= 0.6 is 0 Å². The van der Waals surface area contributed by atoms with E-state index in [1.165, 1.54) is 23.2 Å². The molecular formula is C25H24N6O4. The van der Waals surface area contributed by atoms with Gasteiger partial charge in [-0.3, -0.25) is 19.0 Å². The van der Waals surface area contributed by atoms with E-state index in [-0.39, 0.29) is 23.6 Å². The van der Waals surface area contributed by atoms with Crippen LogP contribution in [0.4, 0.5) is 0 Å². The first kappa shape index (κ1) is 22.5. The van der Waals surface area contributed by atoms with Crippen LogP contribution in [0.2, 0.25) is 0 Å². The lowest BCUT2D eigenvalue weighted by Gasteiger charge is -2.38. The number of rotatable bonds is 5. The molecule has 2 aromatic carbocycles. The first-order valence-electron chi connectivity index (χ1n) is 11.2. The van der Waals surface area contributed by atoms with E-state index >= 15 is 0 Å². The number of aromatic nitrogens is 4. The lowest BCUT2D eigenvalue weighted by Crippen LogP contribution is -2.49. The van der Waals surface area contributed by atoms with Gasteiger partial charge in [-0.05, 0) is 43.2 Å². The Labute approximate surface area is 200 Å². The van der Waals surface area contributed by atoms with Crippen LogP contribution in [-0.4, -0.2) is 59.8 Å². The maximum absolute atomic E-state index is 13.1. The summed E-state index contributed by atoms with van der Waals surface area (Å²) in [5.74, 6) is -0.832. The normalized spacial score (nSPS) is 15.3. The van der Waals surface area contributed by atoms with Crippen molar-refractivity contribution in [3.05, 3.63) is 88.6 Å². The number of likely N-dealkylation sites (tertiary alicyclic amines) is 1. The molecule has 1 saturated heterocycles. The zero-order valence-corrected chi connectivity index (χ0v) is 18.9. The van der Waals surface area contributed by atoms with Crippen LogP contribution in [-0.2, 0) is 6.54 Å². The Bertz CT molecular complexity index is 1470. The SMILES string of the molecule is NC(=O)c1cccc(C(=O)N2CCC(O)(Cn3cnc4c(cnn4-c4ccccc4)c3=O)CC2)c1. The molecule has 1 fully saturated rings. The molecule has 0 saturated carbocycles. The van der Waals surface area contributed by atoms with Crippen LogP contribution in [0.1, 0.15) is 33.6 Å². The van der Waals surface area contributed by atoms with Gasteiger partial charge < -0.3 is 15.7 Å². The van der Waals surface area contributed by atoms with E-state index in [4.69, 9.17) is 5.73 Å². The van der Waals surface area contributed by atoms with E-state index in [9.17, 15) is 19.5 Å². The van der Waals surface area contributed by atoms with Crippen molar-refractivity contribution in [3.63, 3.8) is 0 Å². The van der Waals surface area contributed by atoms with Crippen molar-refractivity contribution in [3.8, 4) is 5.69 Å². The minimum Gasteiger partial charge on any atom is -0.388 e. The Balaban J connectivity index is 1.31. The van der Waals surface area contributed by atoms with Crippen LogP contribution < -0.4 is 11.3 Å². The summed E-state index contributed by atoms with van der Waals surface area (Å²) in [5, 5.41) is 15.9. The molecule has 0 radical (unpaired) electrons. The summed E-state index contributed by atoms with van der Waals surface area (Å²) in [5.41, 5.74) is 5.74. The zero-order chi connectivity index (χ0) is 24.6. The molecule has 0 aliphatic carbocycles. The van der Waals surface area contributed by atoms with Gasteiger partial charge in [0, 0.05) is 24.2 Å². The van der Waals surface area contributed by atoms with Crippen molar-refractivity contribution in [1.29, 1.82) is 0 Å². The fourth-order valence-electron chi connectivity index (χ4n) is 4.41. The molecule has 178 valence electrons. The quantitative estimate of drug-likeness (QED) is 0.450. The summed E-state index contributed by atoms with van der Waals surface area (Å²) in [4.78, 5) is 43.4. The Morgan fingerprint density at radius 1 is 1.03 bits per heavy atom. The minimum atomic E-state index is -1.17. The van der Waals surface area contributed by atoms with Crippen LogP contribution in [0.3, 0.4) is 0 Å². The molecule has 10 nitrogen and oxygen atoms in total. The van der Waals surface area contributed by atoms with Crippen molar-refractivity contribution < 1.29 is 14.7 Å². The standard InChI is InChI=1S/C25H24N6O4/c26-21(32)17-5-4-6-18(13-17)23(33)29-11-9-25(35,10-12-29)15-30-16-27-22-20(24(30)34)14-28-31(22)19-7-2-1-3-8-19/h1-8,13-14,16,35H,9-12,15H2,(H2,26,32). The number of hydrogen-bond acceptors (Lipinski definition) is 6. The lowest BCUT2D eigenvalue weighted by atomic mass is 9.90. The number of aliphatic hydroxyl groups is 1. The number of para-hydroxylation sites is 1. The summed E-state index contributed by atoms with van der Waals surface area (Å²) >= 11 is 0. The highest BCUT2D eigenvalue weighted by Gasteiger charge is 2.35. The van der Waals surface area contributed by atoms with E-state index < -0.39 is 11.5 Å². The predicted octanol–water partition coefficient (Wildman–Crippen LogP) is 1.35. The molecule has 1 aliphatic rings. The van der Waals surface area contributed by atoms with Crippen molar-refractivity contribution >= 4 is 22.8 Å². The van der Waals surface area contributed by atoms with Crippen LogP contribution in [0.25, 0.3) is 16.7 Å². The van der Waals surface area contributed by atoms with Gasteiger partial charge in [0.25, 0.3) is 11.5 Å².